The Hall–Kier alpha value is -1.36. The van der Waals surface area contributed by atoms with E-state index in [4.69, 9.17) is 10.5 Å². The van der Waals surface area contributed by atoms with Crippen molar-refractivity contribution in [1.29, 1.82) is 0 Å². The van der Waals surface area contributed by atoms with Crippen LogP contribution < -0.4 is 5.73 Å². The number of nitrogens with two attached hydrogens (primary N) is 1. The number of carbonyl (C=O) groups is 2. The largest absolute Gasteiger partial charge is 0.380 e. The van der Waals surface area contributed by atoms with E-state index in [0.29, 0.717) is 18.9 Å². The number of ether oxygens (including phenoxy) is 1. The Kier molecular flexibility index (Phi) is 3.71. The summed E-state index contributed by atoms with van der Waals surface area (Å²) in [5, 5.41) is 0. The van der Waals surface area contributed by atoms with Crippen molar-refractivity contribution in [2.45, 2.75) is 38.3 Å². The summed E-state index contributed by atoms with van der Waals surface area (Å²) in [7, 11) is 1.59. The lowest BCUT2D eigenvalue weighted by Gasteiger charge is -2.20. The van der Waals surface area contributed by atoms with E-state index < -0.39 is 11.9 Å². The first kappa shape index (κ1) is 13.1. The zero-order valence-corrected chi connectivity index (χ0v) is 10.9. The molecule has 2 fully saturated rings. The van der Waals surface area contributed by atoms with Crippen LogP contribution >= 0.6 is 0 Å². The summed E-state index contributed by atoms with van der Waals surface area (Å²) in [6.07, 6.45) is 4.37. The molecule has 0 aromatic heterocycles. The number of methoxy groups -OCH3 is 1. The van der Waals surface area contributed by atoms with Gasteiger partial charge >= 0.3 is 0 Å². The van der Waals surface area contributed by atoms with E-state index in [1.54, 1.807) is 13.2 Å². The Morgan fingerprint density at radius 3 is 2.56 bits per heavy atom. The van der Waals surface area contributed by atoms with Gasteiger partial charge in [-0.2, -0.15) is 0 Å². The fraction of sp³-hybridized carbons (Fsp3) is 0.692. The molecule has 1 saturated carbocycles. The van der Waals surface area contributed by atoms with Gasteiger partial charge in [-0.3, -0.25) is 9.59 Å². The second-order valence-electron chi connectivity index (χ2n) is 5.16. The van der Waals surface area contributed by atoms with Crippen molar-refractivity contribution in [3.05, 3.63) is 11.6 Å². The molecule has 1 saturated heterocycles. The Balaban J connectivity index is 2.07. The van der Waals surface area contributed by atoms with Crippen LogP contribution in [0.25, 0.3) is 0 Å². The van der Waals surface area contributed by atoms with Gasteiger partial charge in [0.1, 0.15) is 6.04 Å². The van der Waals surface area contributed by atoms with Crippen LogP contribution in [0.5, 0.6) is 0 Å². The van der Waals surface area contributed by atoms with Crippen molar-refractivity contribution in [3.8, 4) is 0 Å². The maximum Gasteiger partial charge on any atom is 0.247 e. The third-order valence-corrected chi connectivity index (χ3v) is 3.78. The second kappa shape index (κ2) is 5.10. The second-order valence-corrected chi connectivity index (χ2v) is 5.16. The molecule has 5 nitrogen and oxygen atoms in total. The standard InChI is InChI=1S/C13H20N2O3/c1-8(9-3-4-9)5-12(16)15-7-10(18-2)6-11(15)13(14)17/h5,9-11H,3-4,6-7H2,1-2H3,(H2,14,17)/b8-5+/t10-,11-/m0/s1. The van der Waals surface area contributed by atoms with Crippen molar-refractivity contribution in [3.63, 3.8) is 0 Å². The SMILES string of the molecule is CO[C@H]1C[C@@H](C(N)=O)N(C(=O)/C=C(\C)C2CC2)C1. The highest BCUT2D eigenvalue weighted by Gasteiger charge is 2.38. The minimum Gasteiger partial charge on any atom is -0.380 e. The average Bonchev–Trinajstić information content (AvgIpc) is 3.07. The van der Waals surface area contributed by atoms with E-state index in [1.807, 2.05) is 6.92 Å². The number of carbonyl (C=O) groups excluding carboxylic acids is 2. The minimum atomic E-state index is -0.536. The summed E-state index contributed by atoms with van der Waals surface area (Å²) >= 11 is 0. The molecule has 100 valence electrons. The number of hydrogen-bond acceptors (Lipinski definition) is 3. The summed E-state index contributed by atoms with van der Waals surface area (Å²) in [5.41, 5.74) is 6.44. The van der Waals surface area contributed by atoms with Crippen molar-refractivity contribution in [1.82, 2.24) is 4.90 Å². The normalized spacial score (nSPS) is 28.6. The molecule has 2 N–H and O–H groups in total. The molecule has 2 atom stereocenters. The summed E-state index contributed by atoms with van der Waals surface area (Å²) in [6.45, 7) is 2.41. The van der Waals surface area contributed by atoms with Crippen molar-refractivity contribution in [2.24, 2.45) is 11.7 Å². The topological polar surface area (TPSA) is 72.6 Å². The Morgan fingerprint density at radius 1 is 1.39 bits per heavy atom. The van der Waals surface area contributed by atoms with E-state index in [1.165, 1.54) is 4.90 Å². The van der Waals surface area contributed by atoms with Crippen molar-refractivity contribution < 1.29 is 14.3 Å². The predicted octanol–water partition coefficient (Wildman–Crippen LogP) is 0.444. The molecule has 1 aliphatic heterocycles. The summed E-state index contributed by atoms with van der Waals surface area (Å²) < 4.78 is 5.21. The van der Waals surface area contributed by atoms with E-state index >= 15 is 0 Å². The number of allylic oxidation sites excluding steroid dienone is 1. The lowest BCUT2D eigenvalue weighted by atomic mass is 10.1. The molecule has 18 heavy (non-hydrogen) atoms. The van der Waals surface area contributed by atoms with Crippen molar-refractivity contribution >= 4 is 11.8 Å². The summed E-state index contributed by atoms with van der Waals surface area (Å²) in [6, 6.07) is -0.536. The van der Waals surface area contributed by atoms with Gasteiger partial charge in [-0.1, -0.05) is 5.57 Å². The first-order chi connectivity index (χ1) is 8.52. The lowest BCUT2D eigenvalue weighted by molar-refractivity contribution is -0.133. The van der Waals surface area contributed by atoms with Gasteiger partial charge in [0.25, 0.3) is 0 Å². The molecule has 0 unspecified atom stereocenters. The van der Waals surface area contributed by atoms with Gasteiger partial charge in [0, 0.05) is 26.2 Å². The molecule has 1 aliphatic carbocycles. The number of nitrogens with zero attached hydrogens (tertiary/aromatic N) is 1. The predicted molar refractivity (Wildman–Crippen MR) is 66.6 cm³/mol. The monoisotopic (exact) mass is 252 g/mol. The highest BCUT2D eigenvalue weighted by Crippen LogP contribution is 2.36. The number of rotatable bonds is 4. The molecular formula is C13H20N2O3. The number of likely N-dealkylation sites (tertiary alicyclic amines) is 1. The van der Waals surface area contributed by atoms with Crippen LogP contribution in [-0.4, -0.2) is 42.5 Å². The maximum atomic E-state index is 12.2. The number of primary amides is 1. The van der Waals surface area contributed by atoms with E-state index in [9.17, 15) is 9.59 Å². The van der Waals surface area contributed by atoms with Crippen LogP contribution in [0.15, 0.2) is 11.6 Å². The summed E-state index contributed by atoms with van der Waals surface area (Å²) in [5.74, 6) is -0.0232. The molecular weight excluding hydrogens is 232 g/mol. The number of amides is 2. The van der Waals surface area contributed by atoms with Crippen LogP contribution in [0.2, 0.25) is 0 Å². The molecule has 1 heterocycles. The fourth-order valence-electron chi connectivity index (χ4n) is 2.42. The van der Waals surface area contributed by atoms with Crippen LogP contribution in [0.1, 0.15) is 26.2 Å². The highest BCUT2D eigenvalue weighted by atomic mass is 16.5. The molecule has 5 heteroatoms. The Bertz CT molecular complexity index is 388. The lowest BCUT2D eigenvalue weighted by Crippen LogP contribution is -2.43. The van der Waals surface area contributed by atoms with Gasteiger partial charge in [-0.15, -0.1) is 0 Å². The quantitative estimate of drug-likeness (QED) is 0.738. The summed E-state index contributed by atoms with van der Waals surface area (Å²) in [4.78, 5) is 25.0. The molecule has 2 amide bonds. The first-order valence-electron chi connectivity index (χ1n) is 6.33. The zero-order chi connectivity index (χ0) is 13.3. The minimum absolute atomic E-state index is 0.0962. The maximum absolute atomic E-state index is 12.2. The molecule has 0 aromatic carbocycles. The van der Waals surface area contributed by atoms with Gasteiger partial charge in [0.2, 0.25) is 11.8 Å². The molecule has 0 bridgehead atoms. The van der Waals surface area contributed by atoms with Gasteiger partial charge in [0.05, 0.1) is 6.10 Å². The van der Waals surface area contributed by atoms with Crippen LogP contribution in [0.3, 0.4) is 0 Å². The molecule has 2 rings (SSSR count). The van der Waals surface area contributed by atoms with E-state index in [2.05, 4.69) is 0 Å². The molecule has 0 aromatic rings. The third-order valence-electron chi connectivity index (χ3n) is 3.78. The van der Waals surface area contributed by atoms with E-state index in [-0.39, 0.29) is 12.0 Å². The number of hydrogen-bond donors (Lipinski definition) is 1. The van der Waals surface area contributed by atoms with E-state index in [0.717, 1.165) is 18.4 Å². The Labute approximate surface area is 107 Å². The van der Waals surface area contributed by atoms with Gasteiger partial charge in [-0.25, -0.2) is 0 Å². The van der Waals surface area contributed by atoms with Crippen LogP contribution in [0.4, 0.5) is 0 Å². The fourth-order valence-corrected chi connectivity index (χ4v) is 2.42. The van der Waals surface area contributed by atoms with Crippen molar-refractivity contribution in [2.75, 3.05) is 13.7 Å². The highest BCUT2D eigenvalue weighted by molar-refractivity contribution is 5.93. The third kappa shape index (κ3) is 2.72. The average molecular weight is 252 g/mol. The molecule has 2 aliphatic rings. The smallest absolute Gasteiger partial charge is 0.247 e. The van der Waals surface area contributed by atoms with Gasteiger partial charge in [-0.05, 0) is 25.7 Å². The zero-order valence-electron chi connectivity index (χ0n) is 10.9. The molecule has 0 radical (unpaired) electrons. The van der Waals surface area contributed by atoms with Gasteiger partial charge in [0.15, 0.2) is 0 Å². The van der Waals surface area contributed by atoms with Gasteiger partial charge < -0.3 is 15.4 Å². The van der Waals surface area contributed by atoms with Crippen LogP contribution in [0, 0.1) is 5.92 Å². The first-order valence-corrected chi connectivity index (χ1v) is 6.33. The molecule has 0 spiro atoms. The van der Waals surface area contributed by atoms with Crippen LogP contribution in [-0.2, 0) is 14.3 Å². The Morgan fingerprint density at radius 2 is 2.06 bits per heavy atom.